The zero-order chi connectivity index (χ0) is 13.8. The number of hydrogen-bond donors (Lipinski definition) is 0. The van der Waals surface area contributed by atoms with Gasteiger partial charge in [0.25, 0.3) is 0 Å². The summed E-state index contributed by atoms with van der Waals surface area (Å²) in [5.74, 6) is 5.64. The van der Waals surface area contributed by atoms with E-state index in [0.29, 0.717) is 0 Å². The number of rotatable bonds is 6. The maximum atomic E-state index is 2.54. The van der Waals surface area contributed by atoms with Crippen LogP contribution in [-0.4, -0.2) is 14.8 Å². The first-order valence-electron chi connectivity index (χ1n) is 7.25. The maximum absolute atomic E-state index is 2.54. The second-order valence-corrected chi connectivity index (χ2v) is 12.6. The van der Waals surface area contributed by atoms with Gasteiger partial charge in [0.15, 0.2) is 6.71 Å². The van der Waals surface area contributed by atoms with E-state index in [1.165, 1.54) is 0 Å². The van der Waals surface area contributed by atoms with E-state index in [4.69, 9.17) is 0 Å². The van der Waals surface area contributed by atoms with Gasteiger partial charge in [-0.05, 0) is 0 Å². The summed E-state index contributed by atoms with van der Waals surface area (Å²) in [5.41, 5.74) is 2.54. The minimum absolute atomic E-state index is 0.738. The molecule has 0 radical (unpaired) electrons. The summed E-state index contributed by atoms with van der Waals surface area (Å²) in [6.07, 6.45) is 0. The minimum atomic E-state index is -1.06. The molecule has 2 atom stereocenters. The van der Waals surface area contributed by atoms with Crippen molar-refractivity contribution < 1.29 is 0 Å². The van der Waals surface area contributed by atoms with Crippen LogP contribution >= 0.6 is 0 Å². The third-order valence-electron chi connectivity index (χ3n) is 4.14. The molecule has 0 aliphatic heterocycles. The Labute approximate surface area is 111 Å². The first-order chi connectivity index (χ1) is 7.56. The lowest BCUT2D eigenvalue weighted by Gasteiger charge is -2.30. The largest absolute Gasteiger partial charge is 0.171 e. The van der Waals surface area contributed by atoms with Crippen molar-refractivity contribution in [1.29, 1.82) is 0 Å². The predicted octanol–water partition coefficient (Wildman–Crippen LogP) is 5.55. The number of hydrogen-bond acceptors (Lipinski definition) is 0. The standard InChI is InChI=1S/C15H33BSi/c1-12(2)14(5)16(15(6)13(3)4)10-11-17(7,8)9/h10-15H,1-9H3. The van der Waals surface area contributed by atoms with Crippen LogP contribution in [0.1, 0.15) is 41.5 Å². The van der Waals surface area contributed by atoms with Gasteiger partial charge in [-0.3, -0.25) is 0 Å². The Morgan fingerprint density at radius 2 is 1.12 bits per heavy atom. The van der Waals surface area contributed by atoms with Crippen LogP contribution in [0.5, 0.6) is 0 Å². The van der Waals surface area contributed by atoms with Crippen molar-refractivity contribution in [3.63, 3.8) is 0 Å². The minimum Gasteiger partial charge on any atom is -0.122 e. The highest BCUT2D eigenvalue weighted by molar-refractivity contribution is 6.82. The van der Waals surface area contributed by atoms with Crippen LogP contribution in [0.2, 0.25) is 31.3 Å². The van der Waals surface area contributed by atoms with E-state index in [9.17, 15) is 0 Å². The van der Waals surface area contributed by atoms with Crippen LogP contribution in [0.3, 0.4) is 0 Å². The molecule has 0 aromatic rings. The monoisotopic (exact) mass is 252 g/mol. The van der Waals surface area contributed by atoms with Crippen molar-refractivity contribution in [1.82, 2.24) is 0 Å². The molecular formula is C15H33BSi. The van der Waals surface area contributed by atoms with E-state index in [1.807, 2.05) is 0 Å². The Bertz CT molecular complexity index is 224. The van der Waals surface area contributed by atoms with Gasteiger partial charge in [0.2, 0.25) is 0 Å². The first-order valence-corrected chi connectivity index (χ1v) is 10.8. The van der Waals surface area contributed by atoms with Crippen LogP contribution in [-0.2, 0) is 0 Å². The van der Waals surface area contributed by atoms with Gasteiger partial charge >= 0.3 is 0 Å². The van der Waals surface area contributed by atoms with Crippen molar-refractivity contribution in [2.45, 2.75) is 72.8 Å². The Morgan fingerprint density at radius 3 is 1.35 bits per heavy atom. The van der Waals surface area contributed by atoms with Crippen LogP contribution in [0.4, 0.5) is 0 Å². The average Bonchev–Trinajstić information content (AvgIpc) is 2.15. The van der Waals surface area contributed by atoms with Crippen LogP contribution in [0.25, 0.3) is 0 Å². The first kappa shape index (κ1) is 17.0. The summed E-state index contributed by atoms with van der Waals surface area (Å²) < 4.78 is 0. The lowest BCUT2D eigenvalue weighted by molar-refractivity contribution is 0.567. The quantitative estimate of drug-likeness (QED) is 0.544. The van der Waals surface area contributed by atoms with Gasteiger partial charge in [-0.1, -0.05) is 84.7 Å². The third-order valence-corrected chi connectivity index (χ3v) is 5.33. The van der Waals surface area contributed by atoms with Gasteiger partial charge in [-0.2, -0.15) is 0 Å². The molecule has 0 bridgehead atoms. The van der Waals surface area contributed by atoms with Crippen molar-refractivity contribution in [3.05, 3.63) is 11.7 Å². The molecule has 2 heteroatoms. The second kappa shape index (κ2) is 6.82. The van der Waals surface area contributed by atoms with Gasteiger partial charge < -0.3 is 0 Å². The summed E-state index contributed by atoms with van der Waals surface area (Å²) in [7, 11) is -1.06. The summed E-state index contributed by atoms with van der Waals surface area (Å²) in [5, 5.41) is 0. The molecule has 0 aliphatic rings. The van der Waals surface area contributed by atoms with Crippen molar-refractivity contribution in [2.75, 3.05) is 0 Å². The third kappa shape index (κ3) is 6.50. The summed E-state index contributed by atoms with van der Waals surface area (Å²) in [6.45, 7) is 22.2. The smallest absolute Gasteiger partial charge is 0.122 e. The van der Waals surface area contributed by atoms with E-state index in [0.717, 1.165) is 30.2 Å². The summed E-state index contributed by atoms with van der Waals surface area (Å²) in [6, 6.07) is 0. The fourth-order valence-electron chi connectivity index (χ4n) is 2.12. The maximum Gasteiger partial charge on any atom is 0.171 e. The fourth-order valence-corrected chi connectivity index (χ4v) is 2.92. The Morgan fingerprint density at radius 1 is 0.765 bits per heavy atom. The molecule has 0 saturated heterocycles. The normalized spacial score (nSPS) is 16.9. The zero-order valence-corrected chi connectivity index (χ0v) is 14.5. The van der Waals surface area contributed by atoms with Gasteiger partial charge in [0.05, 0.1) is 8.07 Å². The molecule has 17 heavy (non-hydrogen) atoms. The van der Waals surface area contributed by atoms with E-state index in [2.05, 4.69) is 72.9 Å². The summed E-state index contributed by atoms with van der Waals surface area (Å²) >= 11 is 0. The molecule has 0 spiro atoms. The Hall–Kier alpha value is 0.0218. The molecule has 0 saturated carbocycles. The van der Waals surface area contributed by atoms with Gasteiger partial charge in [-0.25, -0.2) is 0 Å². The van der Waals surface area contributed by atoms with Gasteiger partial charge in [0.1, 0.15) is 0 Å². The van der Waals surface area contributed by atoms with E-state index >= 15 is 0 Å². The van der Waals surface area contributed by atoms with Gasteiger partial charge in [-0.15, -0.1) is 11.7 Å². The molecule has 0 heterocycles. The van der Waals surface area contributed by atoms with Crippen LogP contribution in [0.15, 0.2) is 11.7 Å². The SMILES string of the molecule is CC(C)C(C)B(C=C[Si](C)(C)C)C(C)C(C)C. The topological polar surface area (TPSA) is 0 Å². The van der Waals surface area contributed by atoms with E-state index in [-0.39, 0.29) is 0 Å². The average molecular weight is 252 g/mol. The van der Waals surface area contributed by atoms with Crippen molar-refractivity contribution in [2.24, 2.45) is 11.8 Å². The zero-order valence-electron chi connectivity index (χ0n) is 13.5. The van der Waals surface area contributed by atoms with Gasteiger partial charge in [0, 0.05) is 0 Å². The van der Waals surface area contributed by atoms with E-state index in [1.54, 1.807) is 0 Å². The highest BCUT2D eigenvalue weighted by atomic mass is 28.3. The molecule has 0 N–H and O–H groups in total. The van der Waals surface area contributed by atoms with Crippen LogP contribution < -0.4 is 0 Å². The molecular weight excluding hydrogens is 219 g/mol. The Balaban J connectivity index is 4.93. The fraction of sp³-hybridized carbons (Fsp3) is 0.867. The lowest BCUT2D eigenvalue weighted by Crippen LogP contribution is -2.29. The van der Waals surface area contributed by atoms with Crippen molar-refractivity contribution >= 4 is 14.8 Å². The predicted molar refractivity (Wildman–Crippen MR) is 86.8 cm³/mol. The van der Waals surface area contributed by atoms with E-state index < -0.39 is 8.07 Å². The molecule has 0 aromatic heterocycles. The highest BCUT2D eigenvalue weighted by Gasteiger charge is 2.29. The molecule has 0 aliphatic carbocycles. The lowest BCUT2D eigenvalue weighted by atomic mass is 9.31. The summed E-state index contributed by atoms with van der Waals surface area (Å²) in [4.78, 5) is 0. The molecule has 100 valence electrons. The molecule has 0 amide bonds. The van der Waals surface area contributed by atoms with Crippen LogP contribution in [0, 0.1) is 11.8 Å². The van der Waals surface area contributed by atoms with Crippen molar-refractivity contribution in [3.8, 4) is 0 Å². The highest BCUT2D eigenvalue weighted by Crippen LogP contribution is 2.33. The molecule has 0 rings (SSSR count). The molecule has 2 unspecified atom stereocenters. The second-order valence-electron chi connectivity index (χ2n) is 7.51. The Kier molecular flexibility index (Phi) is 6.83. The molecule has 0 fully saturated rings. The molecule has 0 aromatic carbocycles. The molecule has 0 nitrogen and oxygen atoms in total.